The third kappa shape index (κ3) is 3.62. The zero-order valence-electron chi connectivity index (χ0n) is 13.1. The van der Waals surface area contributed by atoms with E-state index in [1.165, 1.54) is 11.3 Å². The van der Waals surface area contributed by atoms with Crippen LogP contribution in [0, 0.1) is 6.92 Å². The number of nitrogens with one attached hydrogen (secondary N) is 1. The van der Waals surface area contributed by atoms with E-state index in [1.807, 2.05) is 48.7 Å². The molecule has 2 aromatic rings. The molecule has 4 nitrogen and oxygen atoms in total. The predicted molar refractivity (Wildman–Crippen MR) is 92.8 cm³/mol. The van der Waals surface area contributed by atoms with Gasteiger partial charge in [-0.2, -0.15) is 0 Å². The lowest BCUT2D eigenvalue weighted by molar-refractivity contribution is -0.121. The lowest BCUT2D eigenvalue weighted by atomic mass is 10.0. The highest BCUT2D eigenvalue weighted by Crippen LogP contribution is 2.23. The van der Waals surface area contributed by atoms with Crippen molar-refractivity contribution < 1.29 is 9.59 Å². The van der Waals surface area contributed by atoms with Crippen molar-refractivity contribution in [1.82, 2.24) is 4.90 Å². The number of aryl methyl sites for hydroxylation is 1. The Morgan fingerprint density at radius 1 is 1.22 bits per heavy atom. The number of anilines is 1. The molecule has 1 fully saturated rings. The Balaban J connectivity index is 1.75. The Hall–Kier alpha value is -2.14. The summed E-state index contributed by atoms with van der Waals surface area (Å²) in [6.45, 7) is 2.63. The maximum atomic E-state index is 12.7. The van der Waals surface area contributed by atoms with Crippen LogP contribution in [0.1, 0.15) is 34.5 Å². The molecule has 1 saturated heterocycles. The number of rotatable bonds is 3. The highest BCUT2D eigenvalue weighted by atomic mass is 32.1. The van der Waals surface area contributed by atoms with Gasteiger partial charge in [-0.3, -0.25) is 9.59 Å². The maximum absolute atomic E-state index is 12.7. The second-order valence-electron chi connectivity index (χ2n) is 5.85. The molecule has 0 radical (unpaired) electrons. The fraction of sp³-hybridized carbons (Fsp3) is 0.333. The summed E-state index contributed by atoms with van der Waals surface area (Å²) in [4.78, 5) is 27.7. The van der Waals surface area contributed by atoms with Gasteiger partial charge in [0, 0.05) is 12.2 Å². The molecule has 5 heteroatoms. The summed E-state index contributed by atoms with van der Waals surface area (Å²) in [6.07, 6.45) is 2.64. The van der Waals surface area contributed by atoms with Crippen molar-refractivity contribution in [3.8, 4) is 0 Å². The third-order valence-corrected chi connectivity index (χ3v) is 4.94. The Kier molecular flexibility index (Phi) is 4.76. The molecular weight excluding hydrogens is 308 g/mol. The first-order valence-electron chi connectivity index (χ1n) is 7.87. The summed E-state index contributed by atoms with van der Waals surface area (Å²) in [5.41, 5.74) is 1.88. The Morgan fingerprint density at radius 2 is 2.09 bits per heavy atom. The number of hydrogen-bond acceptors (Lipinski definition) is 3. The number of nitrogens with zero attached hydrogens (tertiary/aromatic N) is 1. The minimum atomic E-state index is -0.390. The minimum Gasteiger partial charge on any atom is -0.326 e. The molecule has 23 heavy (non-hydrogen) atoms. The zero-order chi connectivity index (χ0) is 16.2. The van der Waals surface area contributed by atoms with E-state index in [0.29, 0.717) is 11.4 Å². The maximum Gasteiger partial charge on any atom is 0.264 e. The molecule has 1 N–H and O–H groups in total. The monoisotopic (exact) mass is 328 g/mol. The first-order chi connectivity index (χ1) is 11.1. The van der Waals surface area contributed by atoms with Gasteiger partial charge in [0.25, 0.3) is 5.91 Å². The lowest BCUT2D eigenvalue weighted by Crippen LogP contribution is -2.49. The molecular formula is C18H20N2O2S. The van der Waals surface area contributed by atoms with Crippen LogP contribution in [0.4, 0.5) is 5.69 Å². The van der Waals surface area contributed by atoms with Crippen LogP contribution >= 0.6 is 11.3 Å². The van der Waals surface area contributed by atoms with Crippen LogP contribution in [-0.2, 0) is 4.79 Å². The third-order valence-electron chi connectivity index (χ3n) is 4.08. The second kappa shape index (κ2) is 6.96. The molecule has 1 aromatic heterocycles. The molecule has 1 aliphatic heterocycles. The molecule has 2 heterocycles. The SMILES string of the molecule is Cc1cccc(NC(=O)[C@H]2CCCCN2C(=O)c2cccs2)c1. The van der Waals surface area contributed by atoms with Crippen LogP contribution in [0.2, 0.25) is 0 Å². The molecule has 1 atom stereocenters. The van der Waals surface area contributed by atoms with E-state index in [9.17, 15) is 9.59 Å². The first kappa shape index (κ1) is 15.7. The van der Waals surface area contributed by atoms with E-state index in [2.05, 4.69) is 5.32 Å². The highest BCUT2D eigenvalue weighted by Gasteiger charge is 2.33. The van der Waals surface area contributed by atoms with Crippen molar-refractivity contribution in [3.05, 3.63) is 52.2 Å². The van der Waals surface area contributed by atoms with Crippen molar-refractivity contribution in [2.24, 2.45) is 0 Å². The molecule has 0 unspecified atom stereocenters. The minimum absolute atomic E-state index is 0.0379. The number of carbonyl (C=O) groups is 2. The van der Waals surface area contributed by atoms with Gasteiger partial charge >= 0.3 is 0 Å². The van der Waals surface area contributed by atoms with Gasteiger partial charge in [0.15, 0.2) is 0 Å². The number of hydrogen-bond donors (Lipinski definition) is 1. The van der Waals surface area contributed by atoms with Gasteiger partial charge in [0.1, 0.15) is 6.04 Å². The van der Waals surface area contributed by atoms with Crippen molar-refractivity contribution in [1.29, 1.82) is 0 Å². The van der Waals surface area contributed by atoms with Gasteiger partial charge in [-0.1, -0.05) is 18.2 Å². The number of likely N-dealkylation sites (tertiary alicyclic amines) is 1. The molecule has 0 saturated carbocycles. The van der Waals surface area contributed by atoms with Gasteiger partial charge in [-0.25, -0.2) is 0 Å². The quantitative estimate of drug-likeness (QED) is 0.934. The molecule has 1 aliphatic rings. The van der Waals surface area contributed by atoms with Crippen LogP contribution in [0.25, 0.3) is 0 Å². The molecule has 0 bridgehead atoms. The van der Waals surface area contributed by atoms with E-state index in [1.54, 1.807) is 4.90 Å². The van der Waals surface area contributed by atoms with Crippen molar-refractivity contribution in [2.75, 3.05) is 11.9 Å². The van der Waals surface area contributed by atoms with E-state index in [-0.39, 0.29) is 17.9 Å². The molecule has 0 aliphatic carbocycles. The van der Waals surface area contributed by atoms with Crippen molar-refractivity contribution >= 4 is 28.8 Å². The fourth-order valence-corrected chi connectivity index (χ4v) is 3.62. The van der Waals surface area contributed by atoms with E-state index < -0.39 is 0 Å². The van der Waals surface area contributed by atoms with E-state index in [4.69, 9.17) is 0 Å². The fourth-order valence-electron chi connectivity index (χ4n) is 2.94. The second-order valence-corrected chi connectivity index (χ2v) is 6.79. The smallest absolute Gasteiger partial charge is 0.264 e. The van der Waals surface area contributed by atoms with Gasteiger partial charge in [0.05, 0.1) is 4.88 Å². The topological polar surface area (TPSA) is 49.4 Å². The predicted octanol–water partition coefficient (Wildman–Crippen LogP) is 3.69. The molecule has 1 aromatic carbocycles. The first-order valence-corrected chi connectivity index (χ1v) is 8.75. The summed E-state index contributed by atoms with van der Waals surface area (Å²) < 4.78 is 0. The summed E-state index contributed by atoms with van der Waals surface area (Å²) in [6, 6.07) is 11.0. The molecule has 0 spiro atoms. The summed E-state index contributed by atoms with van der Waals surface area (Å²) in [7, 11) is 0. The zero-order valence-corrected chi connectivity index (χ0v) is 13.9. The summed E-state index contributed by atoms with van der Waals surface area (Å²) in [5.74, 6) is -0.135. The van der Waals surface area contributed by atoms with Gasteiger partial charge < -0.3 is 10.2 Å². The molecule has 2 amide bonds. The van der Waals surface area contributed by atoms with Gasteiger partial charge in [0.2, 0.25) is 5.91 Å². The number of amides is 2. The van der Waals surface area contributed by atoms with Crippen LogP contribution in [0.15, 0.2) is 41.8 Å². The van der Waals surface area contributed by atoms with Crippen LogP contribution in [0.3, 0.4) is 0 Å². The lowest BCUT2D eigenvalue weighted by Gasteiger charge is -2.34. The Labute approximate surface area is 140 Å². The van der Waals surface area contributed by atoms with E-state index >= 15 is 0 Å². The number of thiophene rings is 1. The normalized spacial score (nSPS) is 17.8. The largest absolute Gasteiger partial charge is 0.326 e. The van der Waals surface area contributed by atoms with Gasteiger partial charge in [-0.05, 0) is 55.3 Å². The summed E-state index contributed by atoms with van der Waals surface area (Å²) in [5, 5.41) is 4.84. The molecule has 3 rings (SSSR count). The average Bonchev–Trinajstić information content (AvgIpc) is 3.08. The number of carbonyl (C=O) groups excluding carboxylic acids is 2. The molecule has 120 valence electrons. The summed E-state index contributed by atoms with van der Waals surface area (Å²) >= 11 is 1.42. The van der Waals surface area contributed by atoms with Crippen LogP contribution in [0.5, 0.6) is 0 Å². The van der Waals surface area contributed by atoms with Crippen molar-refractivity contribution in [2.45, 2.75) is 32.2 Å². The van der Waals surface area contributed by atoms with Crippen LogP contribution < -0.4 is 5.32 Å². The highest BCUT2D eigenvalue weighted by molar-refractivity contribution is 7.12. The number of benzene rings is 1. The Morgan fingerprint density at radius 3 is 2.83 bits per heavy atom. The van der Waals surface area contributed by atoms with Gasteiger partial charge in [-0.15, -0.1) is 11.3 Å². The number of piperidine rings is 1. The standard InChI is InChI=1S/C18H20N2O2S/c1-13-6-4-7-14(12-13)19-17(21)15-8-2-3-10-20(15)18(22)16-9-5-11-23-16/h4-7,9,11-12,15H,2-3,8,10H2,1H3,(H,19,21)/t15-/m1/s1. The van der Waals surface area contributed by atoms with Crippen molar-refractivity contribution in [3.63, 3.8) is 0 Å². The average molecular weight is 328 g/mol. The van der Waals surface area contributed by atoms with Crippen LogP contribution in [-0.4, -0.2) is 29.3 Å². The Bertz CT molecular complexity index is 697. The van der Waals surface area contributed by atoms with E-state index in [0.717, 1.165) is 30.5 Å².